The topological polar surface area (TPSA) is 41.6 Å². The summed E-state index contributed by atoms with van der Waals surface area (Å²) in [6.07, 6.45) is 2.95. The molecule has 0 saturated heterocycles. The molecule has 0 heterocycles. The van der Waals surface area contributed by atoms with Crippen LogP contribution in [0.5, 0.6) is 0 Å². The molecule has 0 atom stereocenters. The summed E-state index contributed by atoms with van der Waals surface area (Å²) in [7, 11) is 1.88. The van der Waals surface area contributed by atoms with Crippen LogP contribution in [-0.2, 0) is 4.74 Å². The maximum atomic E-state index is 11.9. The second kappa shape index (κ2) is 5.34. The zero-order valence-corrected chi connectivity index (χ0v) is 10.7. The molecule has 0 spiro atoms. The van der Waals surface area contributed by atoms with Crippen molar-refractivity contribution in [2.75, 3.05) is 26.7 Å². The summed E-state index contributed by atoms with van der Waals surface area (Å²) in [4.78, 5) is 13.6. The van der Waals surface area contributed by atoms with Gasteiger partial charge < -0.3 is 15.0 Å². The van der Waals surface area contributed by atoms with E-state index in [1.54, 1.807) is 4.90 Å². The van der Waals surface area contributed by atoms with Gasteiger partial charge in [0.05, 0.1) is 0 Å². The molecule has 0 unspecified atom stereocenters. The molecule has 0 bridgehead atoms. The van der Waals surface area contributed by atoms with E-state index >= 15 is 0 Å². The fraction of sp³-hybridized carbons (Fsp3) is 0.750. The average Bonchev–Trinajstić information content (AvgIpc) is 2.92. The number of nitrogens with zero attached hydrogens (tertiary/aromatic N) is 1. The lowest BCUT2D eigenvalue weighted by molar-refractivity contribution is 0.0271. The van der Waals surface area contributed by atoms with Crippen LogP contribution in [-0.4, -0.2) is 43.3 Å². The number of carbonyl (C=O) groups excluding carboxylic acids is 1. The molecule has 1 aliphatic carbocycles. The SMILES string of the molecule is CNCCN(CC1=CC1)C(=O)OC(C)(C)C. The van der Waals surface area contributed by atoms with Crippen LogP contribution in [0.2, 0.25) is 0 Å². The summed E-state index contributed by atoms with van der Waals surface area (Å²) < 4.78 is 5.36. The predicted molar refractivity (Wildman–Crippen MR) is 64.4 cm³/mol. The highest BCUT2D eigenvalue weighted by Gasteiger charge is 2.23. The van der Waals surface area contributed by atoms with E-state index in [9.17, 15) is 4.79 Å². The number of hydrogen-bond donors (Lipinski definition) is 1. The van der Waals surface area contributed by atoms with E-state index in [1.165, 1.54) is 5.57 Å². The van der Waals surface area contributed by atoms with Crippen LogP contribution in [0.3, 0.4) is 0 Å². The van der Waals surface area contributed by atoms with E-state index in [1.807, 2.05) is 27.8 Å². The first-order chi connectivity index (χ1) is 7.42. The minimum Gasteiger partial charge on any atom is -0.444 e. The Kier molecular flexibility index (Phi) is 4.35. The van der Waals surface area contributed by atoms with Gasteiger partial charge in [0.25, 0.3) is 0 Å². The fourth-order valence-corrected chi connectivity index (χ4v) is 1.25. The van der Waals surface area contributed by atoms with E-state index in [2.05, 4.69) is 11.4 Å². The van der Waals surface area contributed by atoms with Crippen molar-refractivity contribution >= 4 is 6.09 Å². The standard InChI is InChI=1S/C12H22N2O2/c1-12(2,3)16-11(15)14(8-7-13-4)9-10-5-6-10/h5,13H,6-9H2,1-4H3. The Morgan fingerprint density at radius 3 is 2.62 bits per heavy atom. The van der Waals surface area contributed by atoms with Gasteiger partial charge in [0.1, 0.15) is 5.60 Å². The highest BCUT2D eigenvalue weighted by Crippen LogP contribution is 2.20. The van der Waals surface area contributed by atoms with Crippen molar-refractivity contribution in [3.05, 3.63) is 11.6 Å². The zero-order chi connectivity index (χ0) is 12.2. The van der Waals surface area contributed by atoms with Crippen LogP contribution in [0.4, 0.5) is 4.79 Å². The summed E-state index contributed by atoms with van der Waals surface area (Å²) in [5.74, 6) is 0. The number of carbonyl (C=O) groups is 1. The lowest BCUT2D eigenvalue weighted by Gasteiger charge is -2.26. The summed E-state index contributed by atoms with van der Waals surface area (Å²) in [6.45, 7) is 7.83. The number of amides is 1. The van der Waals surface area contributed by atoms with E-state index in [4.69, 9.17) is 4.74 Å². The minimum absolute atomic E-state index is 0.226. The number of allylic oxidation sites excluding steroid dienone is 1. The molecule has 4 nitrogen and oxygen atoms in total. The quantitative estimate of drug-likeness (QED) is 0.726. The summed E-state index contributed by atoms with van der Waals surface area (Å²) in [6, 6.07) is 0. The molecule has 1 aliphatic rings. The Labute approximate surface area is 97.6 Å². The van der Waals surface area contributed by atoms with Crippen molar-refractivity contribution in [3.63, 3.8) is 0 Å². The van der Waals surface area contributed by atoms with Gasteiger partial charge in [-0.05, 0) is 34.2 Å². The average molecular weight is 226 g/mol. The highest BCUT2D eigenvalue weighted by molar-refractivity contribution is 5.68. The third-order valence-corrected chi connectivity index (χ3v) is 2.17. The van der Waals surface area contributed by atoms with Crippen molar-refractivity contribution < 1.29 is 9.53 Å². The summed E-state index contributed by atoms with van der Waals surface area (Å²) in [5, 5.41) is 3.04. The van der Waals surface area contributed by atoms with Crippen molar-refractivity contribution in [3.8, 4) is 0 Å². The molecule has 4 heteroatoms. The molecule has 0 fully saturated rings. The van der Waals surface area contributed by atoms with Crippen LogP contribution >= 0.6 is 0 Å². The first-order valence-electron chi connectivity index (χ1n) is 5.73. The van der Waals surface area contributed by atoms with Crippen LogP contribution in [0.15, 0.2) is 11.6 Å². The maximum Gasteiger partial charge on any atom is 0.410 e. The molecule has 1 rings (SSSR count). The maximum absolute atomic E-state index is 11.9. The second-order valence-electron chi connectivity index (χ2n) is 5.07. The van der Waals surface area contributed by atoms with Gasteiger partial charge in [0, 0.05) is 19.6 Å². The normalized spacial score (nSPS) is 14.4. The van der Waals surface area contributed by atoms with Gasteiger partial charge in [0.2, 0.25) is 0 Å². The van der Waals surface area contributed by atoms with Crippen LogP contribution < -0.4 is 5.32 Å². The van der Waals surface area contributed by atoms with Gasteiger partial charge >= 0.3 is 6.09 Å². The molecule has 16 heavy (non-hydrogen) atoms. The Bertz CT molecular complexity index is 279. The van der Waals surface area contributed by atoms with Crippen LogP contribution in [0.25, 0.3) is 0 Å². The number of hydrogen-bond acceptors (Lipinski definition) is 3. The monoisotopic (exact) mass is 226 g/mol. The molecule has 0 aliphatic heterocycles. The van der Waals surface area contributed by atoms with E-state index in [-0.39, 0.29) is 6.09 Å². The Balaban J connectivity index is 2.45. The fourth-order valence-electron chi connectivity index (χ4n) is 1.25. The molecule has 1 N–H and O–H groups in total. The smallest absolute Gasteiger partial charge is 0.410 e. The molecule has 0 aromatic carbocycles. The van der Waals surface area contributed by atoms with Gasteiger partial charge in [-0.15, -0.1) is 0 Å². The Morgan fingerprint density at radius 1 is 1.56 bits per heavy atom. The summed E-state index contributed by atoms with van der Waals surface area (Å²) in [5.41, 5.74) is 0.898. The van der Waals surface area contributed by atoms with Gasteiger partial charge in [-0.1, -0.05) is 11.6 Å². The van der Waals surface area contributed by atoms with Gasteiger partial charge in [-0.3, -0.25) is 0 Å². The largest absolute Gasteiger partial charge is 0.444 e. The van der Waals surface area contributed by atoms with Crippen molar-refractivity contribution in [1.29, 1.82) is 0 Å². The van der Waals surface area contributed by atoms with Crippen molar-refractivity contribution in [2.45, 2.75) is 32.8 Å². The van der Waals surface area contributed by atoms with Gasteiger partial charge in [-0.25, -0.2) is 4.79 Å². The number of nitrogens with one attached hydrogen (secondary N) is 1. The first-order valence-corrected chi connectivity index (χ1v) is 5.73. The number of ether oxygens (including phenoxy) is 1. The molecular weight excluding hydrogens is 204 g/mol. The van der Waals surface area contributed by atoms with Gasteiger partial charge in [-0.2, -0.15) is 0 Å². The van der Waals surface area contributed by atoms with Crippen LogP contribution in [0, 0.1) is 0 Å². The predicted octanol–water partition coefficient (Wildman–Crippen LogP) is 1.77. The molecular formula is C12H22N2O2. The van der Waals surface area contributed by atoms with E-state index < -0.39 is 5.60 Å². The third-order valence-electron chi connectivity index (χ3n) is 2.17. The Morgan fingerprint density at radius 2 is 2.19 bits per heavy atom. The third kappa shape index (κ3) is 5.16. The van der Waals surface area contributed by atoms with Crippen molar-refractivity contribution in [1.82, 2.24) is 10.2 Å². The Hall–Kier alpha value is -1.03. The number of rotatable bonds is 5. The zero-order valence-electron chi connectivity index (χ0n) is 10.7. The molecule has 0 radical (unpaired) electrons. The highest BCUT2D eigenvalue weighted by atomic mass is 16.6. The second-order valence-corrected chi connectivity index (χ2v) is 5.07. The van der Waals surface area contributed by atoms with Gasteiger partial charge in [0.15, 0.2) is 0 Å². The summed E-state index contributed by atoms with van der Waals surface area (Å²) >= 11 is 0. The minimum atomic E-state index is -0.424. The lowest BCUT2D eigenvalue weighted by Crippen LogP contribution is -2.40. The molecule has 92 valence electrons. The molecule has 0 aromatic rings. The lowest BCUT2D eigenvalue weighted by atomic mass is 10.2. The van der Waals surface area contributed by atoms with Crippen LogP contribution in [0.1, 0.15) is 27.2 Å². The van der Waals surface area contributed by atoms with E-state index in [0.29, 0.717) is 13.1 Å². The first kappa shape index (κ1) is 13.0. The van der Waals surface area contributed by atoms with Crippen molar-refractivity contribution in [2.24, 2.45) is 0 Å². The molecule has 0 aromatic heterocycles. The molecule has 0 saturated carbocycles. The van der Waals surface area contributed by atoms with E-state index in [0.717, 1.165) is 13.0 Å². The molecule has 1 amide bonds. The number of likely N-dealkylation sites (N-methyl/N-ethyl adjacent to an activating group) is 1.